The van der Waals surface area contributed by atoms with Crippen LogP contribution in [0.5, 0.6) is 5.88 Å². The van der Waals surface area contributed by atoms with Gasteiger partial charge in [0.05, 0.1) is 5.69 Å². The molecule has 2 N–H and O–H groups in total. The van der Waals surface area contributed by atoms with Gasteiger partial charge >= 0.3 is 0 Å². The third-order valence-electron chi connectivity index (χ3n) is 2.08. The average Bonchev–Trinajstić information content (AvgIpc) is 2.47. The minimum atomic E-state index is 0.171. The van der Waals surface area contributed by atoms with Crippen LogP contribution < -0.4 is 10.5 Å². The zero-order chi connectivity index (χ0) is 9.42. The maximum absolute atomic E-state index is 5.54. The predicted octanol–water partition coefficient (Wildman–Crippen LogP) is 1.07. The molecule has 0 radical (unpaired) electrons. The van der Waals surface area contributed by atoms with E-state index >= 15 is 0 Å². The molecule has 0 unspecified atom stereocenters. The minimum Gasteiger partial charge on any atom is -0.473 e. The monoisotopic (exact) mass is 243 g/mol. The number of aryl methyl sites for hydroxylation is 1. The molecule has 0 saturated carbocycles. The predicted molar refractivity (Wildman–Crippen MR) is 53.1 cm³/mol. The maximum atomic E-state index is 5.54. The zero-order valence-corrected chi connectivity index (χ0v) is 8.84. The van der Waals surface area contributed by atoms with Gasteiger partial charge in [-0.15, -0.1) is 0 Å². The number of rotatable bonds is 1. The van der Waals surface area contributed by atoms with Gasteiger partial charge in [-0.3, -0.25) is 0 Å². The van der Waals surface area contributed by atoms with E-state index in [4.69, 9.17) is 10.5 Å². The Kier molecular flexibility index (Phi) is 2.11. The first kappa shape index (κ1) is 8.74. The zero-order valence-electron chi connectivity index (χ0n) is 7.25. The lowest BCUT2D eigenvalue weighted by molar-refractivity contribution is 0.252. The second-order valence-corrected chi connectivity index (χ2v) is 3.70. The van der Waals surface area contributed by atoms with Gasteiger partial charge in [0.2, 0.25) is 11.8 Å². The molecule has 0 amide bonds. The first-order valence-corrected chi connectivity index (χ1v) is 5.18. The van der Waals surface area contributed by atoms with Gasteiger partial charge in [-0.05, 0) is 6.92 Å². The summed E-state index contributed by atoms with van der Waals surface area (Å²) in [7, 11) is 0. The van der Waals surface area contributed by atoms with Gasteiger partial charge in [0, 0.05) is 17.3 Å². The van der Waals surface area contributed by atoms with Crippen LogP contribution >= 0.6 is 15.9 Å². The molecule has 1 aliphatic heterocycles. The molecule has 0 fully saturated rings. The van der Waals surface area contributed by atoms with Crippen molar-refractivity contribution < 1.29 is 4.74 Å². The molecule has 1 aromatic heterocycles. The van der Waals surface area contributed by atoms with Gasteiger partial charge in [-0.25, -0.2) is 4.98 Å². The lowest BCUT2D eigenvalue weighted by atomic mass is 10.1. The van der Waals surface area contributed by atoms with E-state index in [1.54, 1.807) is 0 Å². The van der Waals surface area contributed by atoms with Crippen molar-refractivity contribution in [2.45, 2.75) is 19.4 Å². The summed E-state index contributed by atoms with van der Waals surface area (Å²) in [5.74, 6) is 0.931. The molecule has 70 valence electrons. The summed E-state index contributed by atoms with van der Waals surface area (Å²) >= 11 is 3.37. The summed E-state index contributed by atoms with van der Waals surface area (Å²) in [6.07, 6.45) is 1.04. The lowest BCUT2D eigenvalue weighted by Crippen LogP contribution is -2.14. The molecule has 1 aliphatic rings. The third kappa shape index (κ3) is 1.48. The summed E-state index contributed by atoms with van der Waals surface area (Å²) in [6.45, 7) is 1.93. The van der Waals surface area contributed by atoms with Crippen LogP contribution in [0.1, 0.15) is 11.3 Å². The first-order valence-electron chi connectivity index (χ1n) is 4.06. The largest absolute Gasteiger partial charge is 0.473 e. The van der Waals surface area contributed by atoms with Crippen molar-refractivity contribution in [1.29, 1.82) is 0 Å². The summed E-state index contributed by atoms with van der Waals surface area (Å²) in [6, 6.07) is 0. The van der Waals surface area contributed by atoms with Crippen molar-refractivity contribution in [2.24, 2.45) is 0 Å². The van der Waals surface area contributed by atoms with Crippen LogP contribution in [-0.2, 0) is 6.42 Å². The second kappa shape index (κ2) is 3.14. The number of hydrogen-bond donors (Lipinski definition) is 1. The summed E-state index contributed by atoms with van der Waals surface area (Å²) < 4.78 is 5.54. The van der Waals surface area contributed by atoms with Gasteiger partial charge in [-0.1, -0.05) is 15.9 Å². The fraction of sp³-hybridized carbons (Fsp3) is 0.500. The standard InChI is InChI=1S/C8H10BrN3O/c1-4-6-2-5(3-9)13-7(6)12-8(10)11-4/h5H,2-3H2,1H3,(H2,10,11,12)/t5-/m1/s1. The Morgan fingerprint density at radius 3 is 3.08 bits per heavy atom. The Bertz CT molecular complexity index is 342. The highest BCUT2D eigenvalue weighted by molar-refractivity contribution is 9.09. The van der Waals surface area contributed by atoms with Crippen molar-refractivity contribution in [3.05, 3.63) is 11.3 Å². The molecular weight excluding hydrogens is 234 g/mol. The number of fused-ring (bicyclic) bond motifs is 1. The number of nitrogens with two attached hydrogens (primary N) is 1. The number of halogens is 1. The molecule has 0 spiro atoms. The van der Waals surface area contributed by atoms with E-state index in [2.05, 4.69) is 25.9 Å². The van der Waals surface area contributed by atoms with Crippen molar-refractivity contribution >= 4 is 21.9 Å². The average molecular weight is 244 g/mol. The molecule has 5 heteroatoms. The fourth-order valence-electron chi connectivity index (χ4n) is 1.44. The van der Waals surface area contributed by atoms with Crippen molar-refractivity contribution in [1.82, 2.24) is 9.97 Å². The van der Waals surface area contributed by atoms with Gasteiger partial charge in [-0.2, -0.15) is 4.98 Å². The lowest BCUT2D eigenvalue weighted by Gasteiger charge is -2.03. The Hall–Kier alpha value is -0.840. The molecule has 2 heterocycles. The highest BCUT2D eigenvalue weighted by Crippen LogP contribution is 2.29. The Labute approximate surface area is 84.6 Å². The molecule has 0 aromatic carbocycles. The molecule has 4 nitrogen and oxygen atoms in total. The molecule has 0 bridgehead atoms. The van der Waals surface area contributed by atoms with Crippen LogP contribution in [0.2, 0.25) is 0 Å². The number of nitrogen functional groups attached to an aromatic ring is 1. The summed E-state index contributed by atoms with van der Waals surface area (Å²) in [5.41, 5.74) is 7.51. The topological polar surface area (TPSA) is 61.0 Å². The Morgan fingerprint density at radius 2 is 2.38 bits per heavy atom. The highest BCUT2D eigenvalue weighted by atomic mass is 79.9. The smallest absolute Gasteiger partial charge is 0.223 e. The summed E-state index contributed by atoms with van der Waals surface area (Å²) in [5, 5.41) is 0.808. The molecule has 13 heavy (non-hydrogen) atoms. The molecule has 1 atom stereocenters. The molecular formula is C8H10BrN3O. The van der Waals surface area contributed by atoms with Crippen molar-refractivity contribution in [3.63, 3.8) is 0 Å². The van der Waals surface area contributed by atoms with Crippen LogP contribution in [0.4, 0.5) is 5.95 Å². The molecule has 0 saturated heterocycles. The van der Waals surface area contributed by atoms with E-state index < -0.39 is 0 Å². The SMILES string of the molecule is Cc1nc(N)nc2c1C[C@H](CBr)O2. The second-order valence-electron chi connectivity index (χ2n) is 3.05. The van der Waals surface area contributed by atoms with E-state index in [0.717, 1.165) is 23.0 Å². The van der Waals surface area contributed by atoms with E-state index in [0.29, 0.717) is 5.88 Å². The Balaban J connectivity index is 2.40. The molecule has 2 rings (SSSR count). The van der Waals surface area contributed by atoms with Crippen LogP contribution in [-0.4, -0.2) is 21.4 Å². The van der Waals surface area contributed by atoms with E-state index in [1.807, 2.05) is 6.92 Å². The number of ether oxygens (including phenoxy) is 1. The molecule has 1 aromatic rings. The van der Waals surface area contributed by atoms with Gasteiger partial charge in [0.1, 0.15) is 6.10 Å². The summed E-state index contributed by atoms with van der Waals surface area (Å²) in [4.78, 5) is 8.12. The van der Waals surface area contributed by atoms with E-state index in [9.17, 15) is 0 Å². The normalized spacial score (nSPS) is 19.7. The molecule has 0 aliphatic carbocycles. The number of aromatic nitrogens is 2. The van der Waals surface area contributed by atoms with Crippen LogP contribution in [0, 0.1) is 6.92 Å². The van der Waals surface area contributed by atoms with Gasteiger partial charge < -0.3 is 10.5 Å². The number of nitrogens with zero attached hydrogens (tertiary/aromatic N) is 2. The number of anilines is 1. The maximum Gasteiger partial charge on any atom is 0.223 e. The van der Waals surface area contributed by atoms with Gasteiger partial charge in [0.15, 0.2) is 0 Å². The van der Waals surface area contributed by atoms with E-state index in [1.165, 1.54) is 0 Å². The third-order valence-corrected chi connectivity index (χ3v) is 2.80. The highest BCUT2D eigenvalue weighted by Gasteiger charge is 2.25. The first-order chi connectivity index (χ1) is 6.20. The quantitative estimate of drug-likeness (QED) is 0.750. The number of hydrogen-bond acceptors (Lipinski definition) is 4. The van der Waals surface area contributed by atoms with Crippen molar-refractivity contribution in [2.75, 3.05) is 11.1 Å². The minimum absolute atomic E-state index is 0.171. The fourth-order valence-corrected chi connectivity index (χ4v) is 1.80. The number of alkyl halides is 1. The van der Waals surface area contributed by atoms with Crippen LogP contribution in [0.15, 0.2) is 0 Å². The van der Waals surface area contributed by atoms with Crippen molar-refractivity contribution in [3.8, 4) is 5.88 Å². The van der Waals surface area contributed by atoms with Crippen LogP contribution in [0.25, 0.3) is 0 Å². The Morgan fingerprint density at radius 1 is 1.62 bits per heavy atom. The van der Waals surface area contributed by atoms with E-state index in [-0.39, 0.29) is 12.1 Å². The van der Waals surface area contributed by atoms with Crippen LogP contribution in [0.3, 0.4) is 0 Å². The van der Waals surface area contributed by atoms with Gasteiger partial charge in [0.25, 0.3) is 0 Å².